The molecule has 7 heteroatoms. The van der Waals surface area contributed by atoms with Crippen LogP contribution in [0.4, 0.5) is 0 Å². The second kappa shape index (κ2) is 17.0. The monoisotopic (exact) mass is 644 g/mol. The van der Waals surface area contributed by atoms with Gasteiger partial charge >= 0.3 is 5.97 Å². The Morgan fingerprint density at radius 3 is 1.08 bits per heavy atom. The maximum absolute atomic E-state index is 13.5. The molecule has 1 N–H and O–H groups in total. The lowest BCUT2D eigenvalue weighted by atomic mass is 9.83. The van der Waals surface area contributed by atoms with Crippen LogP contribution in [0.2, 0.25) is 0 Å². The normalized spacial score (nSPS) is 22.2. The number of hydrogen-bond acceptors (Lipinski definition) is 7. The number of benzene rings is 5. The third-order valence-corrected chi connectivity index (χ3v) is 8.36. The molecule has 0 heterocycles. The van der Waals surface area contributed by atoms with Crippen molar-refractivity contribution in [1.29, 1.82) is 0 Å². The molecule has 5 aromatic carbocycles. The highest BCUT2D eigenvalue weighted by molar-refractivity contribution is 5.89. The van der Waals surface area contributed by atoms with Gasteiger partial charge in [-0.15, -0.1) is 0 Å². The molecule has 0 saturated heterocycles. The van der Waals surface area contributed by atoms with Crippen molar-refractivity contribution < 1.29 is 33.6 Å². The van der Waals surface area contributed by atoms with Gasteiger partial charge in [-0.25, -0.2) is 4.79 Å². The Balaban J connectivity index is 1.37. The fourth-order valence-corrected chi connectivity index (χ4v) is 5.87. The summed E-state index contributed by atoms with van der Waals surface area (Å²) in [6.07, 6.45) is -5.87. The van der Waals surface area contributed by atoms with E-state index in [1.807, 2.05) is 127 Å². The van der Waals surface area contributed by atoms with Gasteiger partial charge in [-0.1, -0.05) is 140 Å². The summed E-state index contributed by atoms with van der Waals surface area (Å²) in [5.41, 5.74) is 4.11. The molecule has 1 fully saturated rings. The highest BCUT2D eigenvalue weighted by Gasteiger charge is 2.55. The Kier molecular flexibility index (Phi) is 11.8. The van der Waals surface area contributed by atoms with E-state index in [-0.39, 0.29) is 26.4 Å². The fourth-order valence-electron chi connectivity index (χ4n) is 5.87. The molecule has 5 aromatic rings. The van der Waals surface area contributed by atoms with Gasteiger partial charge in [-0.05, 0) is 34.4 Å². The smallest absolute Gasteiger partial charge is 0.338 e. The summed E-state index contributed by atoms with van der Waals surface area (Å²) in [6, 6.07) is 47.8. The molecule has 48 heavy (non-hydrogen) atoms. The van der Waals surface area contributed by atoms with Gasteiger partial charge in [0.25, 0.3) is 0 Å². The van der Waals surface area contributed by atoms with Gasteiger partial charge in [0.05, 0.1) is 32.0 Å². The molecule has 6 unspecified atom stereocenters. The first kappa shape index (κ1) is 33.3. The van der Waals surface area contributed by atoms with E-state index in [2.05, 4.69) is 0 Å². The standard InChI is InChI=1S/C41H40O7/c42-35-36(44-26-30-16-6-1-7-17-30)38(45-27-31-18-8-2-9-19-31)40(47-29-33-22-12-4-13-23-33)39(46-28-32-20-10-3-11-21-32)37(35)48-41(43)34-24-14-5-15-25-34/h1-25,35-40,42H,26-29H2. The summed E-state index contributed by atoms with van der Waals surface area (Å²) in [5, 5.41) is 12.1. The third-order valence-electron chi connectivity index (χ3n) is 8.36. The van der Waals surface area contributed by atoms with Crippen LogP contribution in [-0.4, -0.2) is 47.7 Å². The van der Waals surface area contributed by atoms with Crippen molar-refractivity contribution in [2.24, 2.45) is 0 Å². The number of rotatable bonds is 14. The molecular formula is C41H40O7. The lowest BCUT2D eigenvalue weighted by Gasteiger charge is -2.48. The van der Waals surface area contributed by atoms with Gasteiger partial charge in [0.2, 0.25) is 0 Å². The Bertz CT molecular complexity index is 1650. The van der Waals surface area contributed by atoms with E-state index in [9.17, 15) is 9.90 Å². The SMILES string of the molecule is O=C(OC1C(O)C(OCc2ccccc2)C(OCc2ccccc2)C(OCc2ccccc2)C1OCc1ccccc1)c1ccccc1. The van der Waals surface area contributed by atoms with Crippen LogP contribution >= 0.6 is 0 Å². The minimum atomic E-state index is -1.31. The highest BCUT2D eigenvalue weighted by atomic mass is 16.6. The van der Waals surface area contributed by atoms with Crippen LogP contribution in [0, 0.1) is 0 Å². The minimum absolute atomic E-state index is 0.198. The predicted octanol–water partition coefficient (Wildman–Crippen LogP) is 6.93. The predicted molar refractivity (Wildman–Crippen MR) is 182 cm³/mol. The molecule has 1 aliphatic carbocycles. The number of aliphatic hydroxyl groups is 1. The molecule has 0 bridgehead atoms. The number of ether oxygens (including phenoxy) is 5. The summed E-state index contributed by atoms with van der Waals surface area (Å²) >= 11 is 0. The first-order valence-electron chi connectivity index (χ1n) is 16.2. The maximum Gasteiger partial charge on any atom is 0.338 e. The van der Waals surface area contributed by atoms with Gasteiger partial charge < -0.3 is 28.8 Å². The molecule has 1 saturated carbocycles. The van der Waals surface area contributed by atoms with Gasteiger partial charge in [0.15, 0.2) is 6.10 Å². The lowest BCUT2D eigenvalue weighted by molar-refractivity contribution is -0.273. The van der Waals surface area contributed by atoms with E-state index in [0.717, 1.165) is 22.3 Å². The van der Waals surface area contributed by atoms with Crippen molar-refractivity contribution in [3.05, 3.63) is 179 Å². The molecule has 246 valence electrons. The number of hydrogen-bond donors (Lipinski definition) is 1. The largest absolute Gasteiger partial charge is 0.453 e. The van der Waals surface area contributed by atoms with Crippen LogP contribution in [0.1, 0.15) is 32.6 Å². The van der Waals surface area contributed by atoms with Gasteiger partial charge in [-0.2, -0.15) is 0 Å². The summed E-state index contributed by atoms with van der Waals surface area (Å²) in [5.74, 6) is -0.583. The van der Waals surface area contributed by atoms with Crippen LogP contribution in [0.5, 0.6) is 0 Å². The summed E-state index contributed by atoms with van der Waals surface area (Å²) in [7, 11) is 0. The van der Waals surface area contributed by atoms with E-state index in [0.29, 0.717) is 5.56 Å². The lowest BCUT2D eigenvalue weighted by Crippen LogP contribution is -2.67. The second-order valence-corrected chi connectivity index (χ2v) is 11.8. The molecular weight excluding hydrogens is 604 g/mol. The first-order valence-corrected chi connectivity index (χ1v) is 16.2. The van der Waals surface area contributed by atoms with Crippen molar-refractivity contribution in [3.8, 4) is 0 Å². The molecule has 0 radical (unpaired) electrons. The van der Waals surface area contributed by atoms with Gasteiger partial charge in [0.1, 0.15) is 30.5 Å². The van der Waals surface area contributed by atoms with Crippen LogP contribution in [0.25, 0.3) is 0 Å². The van der Waals surface area contributed by atoms with E-state index in [1.165, 1.54) is 0 Å². The van der Waals surface area contributed by atoms with E-state index in [1.54, 1.807) is 24.3 Å². The summed E-state index contributed by atoms with van der Waals surface area (Å²) in [4.78, 5) is 13.5. The minimum Gasteiger partial charge on any atom is -0.453 e. The molecule has 0 amide bonds. The van der Waals surface area contributed by atoms with Crippen LogP contribution in [0.15, 0.2) is 152 Å². The number of carbonyl (C=O) groups excluding carboxylic acids is 1. The molecule has 0 spiro atoms. The number of esters is 1. The van der Waals surface area contributed by atoms with E-state index >= 15 is 0 Å². The Morgan fingerprint density at radius 1 is 0.417 bits per heavy atom. The quantitative estimate of drug-likeness (QED) is 0.131. The maximum atomic E-state index is 13.5. The molecule has 0 aromatic heterocycles. The second-order valence-electron chi connectivity index (χ2n) is 11.8. The van der Waals surface area contributed by atoms with Crippen molar-refractivity contribution in [2.75, 3.05) is 0 Å². The van der Waals surface area contributed by atoms with Crippen molar-refractivity contribution in [1.82, 2.24) is 0 Å². The Hall–Kier alpha value is -4.63. The molecule has 1 aliphatic rings. The molecule has 0 aliphatic heterocycles. The Labute approximate surface area is 281 Å². The van der Waals surface area contributed by atoms with Gasteiger partial charge in [-0.3, -0.25) is 0 Å². The zero-order chi connectivity index (χ0) is 33.0. The summed E-state index contributed by atoms with van der Waals surface area (Å²) in [6.45, 7) is 0.884. The third kappa shape index (κ3) is 8.83. The van der Waals surface area contributed by atoms with Crippen molar-refractivity contribution >= 4 is 5.97 Å². The van der Waals surface area contributed by atoms with Crippen molar-refractivity contribution in [3.63, 3.8) is 0 Å². The van der Waals surface area contributed by atoms with Crippen molar-refractivity contribution in [2.45, 2.75) is 63.1 Å². The van der Waals surface area contributed by atoms with E-state index < -0.39 is 42.6 Å². The van der Waals surface area contributed by atoms with E-state index in [4.69, 9.17) is 23.7 Å². The number of carbonyl (C=O) groups is 1. The zero-order valence-electron chi connectivity index (χ0n) is 26.6. The molecule has 6 rings (SSSR count). The topological polar surface area (TPSA) is 83.5 Å². The van der Waals surface area contributed by atoms with Crippen LogP contribution < -0.4 is 0 Å². The van der Waals surface area contributed by atoms with Gasteiger partial charge in [0, 0.05) is 0 Å². The molecule has 7 nitrogen and oxygen atoms in total. The zero-order valence-corrected chi connectivity index (χ0v) is 26.6. The first-order chi connectivity index (χ1) is 23.7. The average molecular weight is 645 g/mol. The average Bonchev–Trinajstić information content (AvgIpc) is 3.15. The number of aliphatic hydroxyl groups excluding tert-OH is 1. The molecule has 6 atom stereocenters. The van der Waals surface area contributed by atoms with Crippen LogP contribution in [0.3, 0.4) is 0 Å². The Morgan fingerprint density at radius 2 is 0.708 bits per heavy atom. The fraction of sp³-hybridized carbons (Fsp3) is 0.244. The highest BCUT2D eigenvalue weighted by Crippen LogP contribution is 2.35. The van der Waals surface area contributed by atoms with Crippen LogP contribution in [-0.2, 0) is 50.1 Å². The summed E-state index contributed by atoms with van der Waals surface area (Å²) < 4.78 is 32.5.